The number of pyridine rings is 1. The van der Waals surface area contributed by atoms with Crippen molar-refractivity contribution in [3.8, 4) is 5.75 Å². The number of hydrogen-bond donors (Lipinski definition) is 2. The number of unbranched alkanes of at least 4 members (excludes halogenated alkanes) is 1. The number of carbonyl (C=O) groups is 1. The maximum Gasteiger partial charge on any atom is 0.314 e. The van der Waals surface area contributed by atoms with Gasteiger partial charge in [0.1, 0.15) is 17.4 Å². The number of likely N-dealkylation sites (tertiary alicyclic amines) is 1. The van der Waals surface area contributed by atoms with Gasteiger partial charge in [0.2, 0.25) is 0 Å². The van der Waals surface area contributed by atoms with Crippen molar-refractivity contribution in [2.24, 2.45) is 0 Å². The molecule has 0 aliphatic carbocycles. The highest BCUT2D eigenvalue weighted by Crippen LogP contribution is 2.29. The Morgan fingerprint density at radius 3 is 2.71 bits per heavy atom. The molecule has 31 heavy (non-hydrogen) atoms. The van der Waals surface area contributed by atoms with Crippen LogP contribution in [0.4, 0.5) is 4.79 Å². The molecule has 0 bridgehead atoms. The molecule has 2 aromatic rings. The summed E-state index contributed by atoms with van der Waals surface area (Å²) in [6.07, 6.45) is 9.53. The highest BCUT2D eigenvalue weighted by molar-refractivity contribution is 5.85. The molecule has 0 atom stereocenters. The zero-order valence-electron chi connectivity index (χ0n) is 19.2. The number of hydrogen-bond acceptors (Lipinski definition) is 4. The van der Waals surface area contributed by atoms with E-state index in [1.807, 2.05) is 12.3 Å². The summed E-state index contributed by atoms with van der Waals surface area (Å²) in [6.45, 7) is 8.81. The summed E-state index contributed by atoms with van der Waals surface area (Å²) in [4.78, 5) is 18.6. The van der Waals surface area contributed by atoms with Gasteiger partial charge >= 0.3 is 6.03 Å². The number of nitrogens with zero attached hydrogens (tertiary/aromatic N) is 2. The number of fused-ring (bicyclic) bond motifs is 1. The van der Waals surface area contributed by atoms with E-state index in [0.717, 1.165) is 69.5 Å². The molecular weight excluding hydrogens is 388 g/mol. The second kappa shape index (κ2) is 12.5. The smallest absolute Gasteiger partial charge is 0.314 e. The standard InChI is InChI=1S/C25H38N4O2/c1-3-5-8-20-18-21-9-6-13-26-24(21)23(19-20)31-22-10-16-29(17-11-22)15-7-14-28-25(30)27-12-4-2/h6,9,13,18-19,22H,3-5,7-8,10-12,14-17H2,1-2H3,(H2,27,28,30). The number of amides is 2. The van der Waals surface area contributed by atoms with Crippen LogP contribution in [0.1, 0.15) is 57.9 Å². The molecule has 1 saturated heterocycles. The van der Waals surface area contributed by atoms with Gasteiger partial charge in [-0.05, 0) is 68.8 Å². The Balaban J connectivity index is 1.46. The fourth-order valence-corrected chi connectivity index (χ4v) is 4.07. The van der Waals surface area contributed by atoms with Crippen LogP contribution in [-0.4, -0.2) is 54.7 Å². The van der Waals surface area contributed by atoms with Gasteiger partial charge in [-0.1, -0.05) is 26.3 Å². The molecule has 0 radical (unpaired) electrons. The minimum atomic E-state index is -0.0593. The van der Waals surface area contributed by atoms with Crippen molar-refractivity contribution in [3.63, 3.8) is 0 Å². The van der Waals surface area contributed by atoms with Crippen LogP contribution in [0.15, 0.2) is 30.5 Å². The van der Waals surface area contributed by atoms with Gasteiger partial charge in [0.15, 0.2) is 0 Å². The van der Waals surface area contributed by atoms with Gasteiger partial charge in [-0.2, -0.15) is 0 Å². The van der Waals surface area contributed by atoms with Crippen LogP contribution in [0.3, 0.4) is 0 Å². The molecule has 2 N–H and O–H groups in total. The van der Waals surface area contributed by atoms with Gasteiger partial charge in [-0.3, -0.25) is 4.98 Å². The SMILES string of the molecule is CCCCc1cc(OC2CCN(CCCNC(=O)NCCC)CC2)c2ncccc2c1. The molecule has 170 valence electrons. The first kappa shape index (κ1) is 23.3. The number of nitrogens with one attached hydrogen (secondary N) is 2. The lowest BCUT2D eigenvalue weighted by molar-refractivity contribution is 0.101. The average Bonchev–Trinajstić information content (AvgIpc) is 2.80. The monoisotopic (exact) mass is 426 g/mol. The Bertz CT molecular complexity index is 818. The Hall–Kier alpha value is -2.34. The van der Waals surface area contributed by atoms with Gasteiger partial charge in [-0.15, -0.1) is 0 Å². The number of aryl methyl sites for hydroxylation is 1. The number of urea groups is 1. The van der Waals surface area contributed by atoms with Crippen molar-refractivity contribution >= 4 is 16.9 Å². The number of aromatic nitrogens is 1. The van der Waals surface area contributed by atoms with Gasteiger partial charge in [0.05, 0.1) is 0 Å². The molecule has 0 spiro atoms. The Kier molecular flexibility index (Phi) is 9.40. The summed E-state index contributed by atoms with van der Waals surface area (Å²) in [6, 6.07) is 8.52. The van der Waals surface area contributed by atoms with E-state index in [1.165, 1.54) is 23.8 Å². The minimum absolute atomic E-state index is 0.0593. The molecule has 0 unspecified atom stereocenters. The topological polar surface area (TPSA) is 66.5 Å². The lowest BCUT2D eigenvalue weighted by atomic mass is 10.0. The molecular formula is C25H38N4O2. The Morgan fingerprint density at radius 2 is 1.94 bits per heavy atom. The number of rotatable bonds is 11. The summed E-state index contributed by atoms with van der Waals surface area (Å²) < 4.78 is 6.48. The van der Waals surface area contributed by atoms with Gasteiger partial charge in [0, 0.05) is 37.8 Å². The van der Waals surface area contributed by atoms with Crippen LogP contribution in [0.25, 0.3) is 10.9 Å². The molecule has 6 nitrogen and oxygen atoms in total. The van der Waals surface area contributed by atoms with Crippen LogP contribution < -0.4 is 15.4 Å². The van der Waals surface area contributed by atoms with Gasteiger partial charge in [-0.25, -0.2) is 4.79 Å². The van der Waals surface area contributed by atoms with Crippen molar-refractivity contribution in [3.05, 3.63) is 36.0 Å². The third-order valence-corrected chi connectivity index (χ3v) is 5.85. The molecule has 1 aromatic carbocycles. The van der Waals surface area contributed by atoms with Crippen LogP contribution in [0, 0.1) is 0 Å². The average molecular weight is 427 g/mol. The third kappa shape index (κ3) is 7.39. The molecule has 2 heterocycles. The summed E-state index contributed by atoms with van der Waals surface area (Å²) in [5.74, 6) is 0.935. The third-order valence-electron chi connectivity index (χ3n) is 5.85. The molecule has 6 heteroatoms. The predicted molar refractivity (Wildman–Crippen MR) is 127 cm³/mol. The minimum Gasteiger partial charge on any atom is -0.488 e. The first-order valence-corrected chi connectivity index (χ1v) is 12.0. The first-order chi connectivity index (χ1) is 15.2. The highest BCUT2D eigenvalue weighted by atomic mass is 16.5. The summed E-state index contributed by atoms with van der Waals surface area (Å²) in [5, 5.41) is 6.93. The van der Waals surface area contributed by atoms with Crippen molar-refractivity contribution in [1.29, 1.82) is 0 Å². The fourth-order valence-electron chi connectivity index (χ4n) is 4.07. The fraction of sp³-hybridized carbons (Fsp3) is 0.600. The quantitative estimate of drug-likeness (QED) is 0.519. The van der Waals surface area contributed by atoms with E-state index in [1.54, 1.807) is 0 Å². The second-order valence-corrected chi connectivity index (χ2v) is 8.47. The molecule has 1 aliphatic heterocycles. The number of ether oxygens (including phenoxy) is 1. The van der Waals surface area contributed by atoms with Crippen LogP contribution in [0.5, 0.6) is 5.75 Å². The summed E-state index contributed by atoms with van der Waals surface area (Å²) in [5.41, 5.74) is 2.31. The van der Waals surface area contributed by atoms with E-state index in [0.29, 0.717) is 6.54 Å². The zero-order valence-corrected chi connectivity index (χ0v) is 19.2. The largest absolute Gasteiger partial charge is 0.488 e. The lowest BCUT2D eigenvalue weighted by Crippen LogP contribution is -2.40. The van der Waals surface area contributed by atoms with Gasteiger partial charge < -0.3 is 20.3 Å². The lowest BCUT2D eigenvalue weighted by Gasteiger charge is -2.32. The highest BCUT2D eigenvalue weighted by Gasteiger charge is 2.21. The van der Waals surface area contributed by atoms with E-state index in [9.17, 15) is 4.79 Å². The molecule has 0 saturated carbocycles. The summed E-state index contributed by atoms with van der Waals surface area (Å²) in [7, 11) is 0. The Labute approximate surface area is 186 Å². The molecule has 3 rings (SSSR count). The van der Waals surface area contributed by atoms with E-state index < -0.39 is 0 Å². The maximum absolute atomic E-state index is 11.6. The van der Waals surface area contributed by atoms with Crippen LogP contribution >= 0.6 is 0 Å². The Morgan fingerprint density at radius 1 is 1.13 bits per heavy atom. The second-order valence-electron chi connectivity index (χ2n) is 8.47. The molecule has 1 aliphatic rings. The van der Waals surface area contributed by atoms with E-state index in [4.69, 9.17) is 4.74 Å². The van der Waals surface area contributed by atoms with Crippen molar-refractivity contribution in [2.45, 2.75) is 64.9 Å². The normalized spacial score (nSPS) is 15.2. The van der Waals surface area contributed by atoms with Crippen LogP contribution in [-0.2, 0) is 6.42 Å². The van der Waals surface area contributed by atoms with Gasteiger partial charge in [0.25, 0.3) is 0 Å². The number of benzene rings is 1. The molecule has 1 fully saturated rings. The van der Waals surface area contributed by atoms with Crippen LogP contribution in [0.2, 0.25) is 0 Å². The van der Waals surface area contributed by atoms with Crippen molar-refractivity contribution < 1.29 is 9.53 Å². The van der Waals surface area contributed by atoms with E-state index in [2.05, 4.69) is 52.6 Å². The van der Waals surface area contributed by atoms with E-state index in [-0.39, 0.29) is 12.1 Å². The summed E-state index contributed by atoms with van der Waals surface area (Å²) >= 11 is 0. The van der Waals surface area contributed by atoms with Crippen molar-refractivity contribution in [1.82, 2.24) is 20.5 Å². The number of piperidine rings is 1. The predicted octanol–water partition coefficient (Wildman–Crippen LogP) is 4.52. The number of carbonyl (C=O) groups excluding carboxylic acids is 1. The molecule has 2 amide bonds. The molecule has 1 aromatic heterocycles. The van der Waals surface area contributed by atoms with E-state index >= 15 is 0 Å². The van der Waals surface area contributed by atoms with Crippen molar-refractivity contribution in [2.75, 3.05) is 32.7 Å². The first-order valence-electron chi connectivity index (χ1n) is 12.0. The maximum atomic E-state index is 11.6. The zero-order chi connectivity index (χ0) is 21.9.